The van der Waals surface area contributed by atoms with Gasteiger partial charge < -0.3 is 19.3 Å². The Morgan fingerprint density at radius 2 is 2.14 bits per heavy atom. The Labute approximate surface area is 166 Å². The van der Waals surface area contributed by atoms with Crippen molar-refractivity contribution < 1.29 is 19.0 Å². The molecule has 150 valence electrons. The van der Waals surface area contributed by atoms with Crippen LogP contribution < -0.4 is 10.3 Å². The minimum atomic E-state index is -0.702. The number of esters is 1. The first-order valence-electron chi connectivity index (χ1n) is 9.59. The van der Waals surface area contributed by atoms with Gasteiger partial charge >= 0.3 is 5.97 Å². The number of rotatable bonds is 5. The second kappa shape index (κ2) is 7.37. The lowest BCUT2D eigenvalue weighted by atomic mass is 10.1. The molecule has 6 nitrogen and oxygen atoms in total. The Hall–Kier alpha value is -2.12. The maximum Gasteiger partial charge on any atom is 0.343 e. The molecule has 28 heavy (non-hydrogen) atoms. The monoisotopic (exact) mass is 408 g/mol. The minimum absolute atomic E-state index is 0.0730. The number of benzene rings is 1. The number of fused-ring (bicyclic) bond motifs is 1. The smallest absolute Gasteiger partial charge is 0.343 e. The van der Waals surface area contributed by atoms with Crippen LogP contribution in [-0.2, 0) is 4.74 Å². The van der Waals surface area contributed by atoms with Gasteiger partial charge in [-0.2, -0.15) is 0 Å². The molecule has 1 N–H and O–H groups in total. The topological polar surface area (TPSA) is 71.8 Å². The number of aromatic nitrogens is 1. The van der Waals surface area contributed by atoms with Gasteiger partial charge in [-0.3, -0.25) is 4.79 Å². The van der Waals surface area contributed by atoms with Crippen LogP contribution in [-0.4, -0.2) is 41.4 Å². The maximum atomic E-state index is 15.0. The molecule has 0 spiro atoms. The minimum Gasteiger partial charge on any atom is -0.462 e. The molecule has 1 aliphatic carbocycles. The number of halogens is 2. The number of aliphatic hydroxyl groups excluding tert-OH is 1. The zero-order valence-electron chi connectivity index (χ0n) is 15.6. The van der Waals surface area contributed by atoms with Crippen molar-refractivity contribution in [2.24, 2.45) is 0 Å². The number of ether oxygens (including phenoxy) is 1. The first-order valence-corrected chi connectivity index (χ1v) is 9.97. The van der Waals surface area contributed by atoms with E-state index in [0.29, 0.717) is 24.9 Å². The lowest BCUT2D eigenvalue weighted by Gasteiger charge is -2.23. The Morgan fingerprint density at radius 1 is 1.39 bits per heavy atom. The molecule has 8 heteroatoms. The average Bonchev–Trinajstić information content (AvgIpc) is 3.42. The van der Waals surface area contributed by atoms with E-state index in [1.807, 2.05) is 6.92 Å². The fourth-order valence-corrected chi connectivity index (χ4v) is 4.13. The molecule has 0 unspecified atom stereocenters. The summed E-state index contributed by atoms with van der Waals surface area (Å²) in [6.45, 7) is 2.85. The number of anilines is 1. The zero-order valence-corrected chi connectivity index (χ0v) is 16.3. The van der Waals surface area contributed by atoms with Crippen LogP contribution in [0.4, 0.5) is 10.1 Å². The summed E-state index contributed by atoms with van der Waals surface area (Å²) in [4.78, 5) is 27.0. The third kappa shape index (κ3) is 3.26. The molecule has 2 aromatic rings. The second-order valence-corrected chi connectivity index (χ2v) is 7.83. The SMILES string of the molecule is CCCOC(=O)c1cn(C2CC2)c2c(Cl)c(N3CC[C@@H](O)C3)c(F)cc2c1=O. The number of aliphatic hydroxyl groups is 1. The van der Waals surface area contributed by atoms with E-state index in [2.05, 4.69) is 0 Å². The molecule has 2 fully saturated rings. The quantitative estimate of drug-likeness (QED) is 0.769. The highest BCUT2D eigenvalue weighted by Crippen LogP contribution is 2.42. The van der Waals surface area contributed by atoms with Gasteiger partial charge in [0.2, 0.25) is 5.43 Å². The highest BCUT2D eigenvalue weighted by atomic mass is 35.5. The molecule has 4 rings (SSSR count). The van der Waals surface area contributed by atoms with Crippen molar-refractivity contribution in [2.45, 2.75) is 44.8 Å². The molecule has 0 bridgehead atoms. The second-order valence-electron chi connectivity index (χ2n) is 7.45. The normalized spacial score (nSPS) is 19.4. The Kier molecular flexibility index (Phi) is 5.05. The van der Waals surface area contributed by atoms with Gasteiger partial charge in [0.1, 0.15) is 11.4 Å². The third-order valence-corrected chi connectivity index (χ3v) is 5.62. The van der Waals surface area contributed by atoms with Crippen LogP contribution >= 0.6 is 11.6 Å². The molecule has 1 saturated carbocycles. The summed E-state index contributed by atoms with van der Waals surface area (Å²) in [5.41, 5.74) is -0.0608. The van der Waals surface area contributed by atoms with E-state index < -0.39 is 23.3 Å². The van der Waals surface area contributed by atoms with Crippen LogP contribution in [0.25, 0.3) is 10.9 Å². The summed E-state index contributed by atoms with van der Waals surface area (Å²) in [5, 5.41) is 10.0. The van der Waals surface area contributed by atoms with Crippen LogP contribution in [0.15, 0.2) is 17.1 Å². The summed E-state index contributed by atoms with van der Waals surface area (Å²) in [5.74, 6) is -1.34. The lowest BCUT2D eigenvalue weighted by molar-refractivity contribution is 0.0503. The van der Waals surface area contributed by atoms with Gasteiger partial charge in [0.25, 0.3) is 0 Å². The number of hydrogen-bond donors (Lipinski definition) is 1. The molecular formula is C20H22ClFN2O4. The largest absolute Gasteiger partial charge is 0.462 e. The molecule has 1 aliphatic heterocycles. The van der Waals surface area contributed by atoms with E-state index in [9.17, 15) is 19.1 Å². The molecule has 1 aromatic heterocycles. The molecule has 0 radical (unpaired) electrons. The Bertz CT molecular complexity index is 1000. The van der Waals surface area contributed by atoms with Gasteiger partial charge in [0.15, 0.2) is 0 Å². The molecule has 1 saturated heterocycles. The highest BCUT2D eigenvalue weighted by Gasteiger charge is 2.32. The van der Waals surface area contributed by atoms with E-state index in [1.165, 1.54) is 6.20 Å². The molecule has 1 aromatic carbocycles. The number of carbonyl (C=O) groups is 1. The summed E-state index contributed by atoms with van der Waals surface area (Å²) in [6.07, 6.45) is 3.92. The highest BCUT2D eigenvalue weighted by molar-refractivity contribution is 6.38. The summed E-state index contributed by atoms with van der Waals surface area (Å²) in [6, 6.07) is 1.26. The van der Waals surface area contributed by atoms with Crippen molar-refractivity contribution in [2.75, 3.05) is 24.6 Å². The Morgan fingerprint density at radius 3 is 2.75 bits per heavy atom. The van der Waals surface area contributed by atoms with Crippen LogP contribution in [0.5, 0.6) is 0 Å². The van der Waals surface area contributed by atoms with E-state index >= 15 is 0 Å². The fourth-order valence-electron chi connectivity index (χ4n) is 3.72. The predicted molar refractivity (Wildman–Crippen MR) is 105 cm³/mol. The molecule has 1 atom stereocenters. The van der Waals surface area contributed by atoms with Crippen LogP contribution in [0.3, 0.4) is 0 Å². The van der Waals surface area contributed by atoms with Gasteiger partial charge in [-0.15, -0.1) is 0 Å². The number of hydrogen-bond acceptors (Lipinski definition) is 5. The first-order chi connectivity index (χ1) is 13.4. The van der Waals surface area contributed by atoms with Crippen molar-refractivity contribution in [1.29, 1.82) is 0 Å². The fraction of sp³-hybridized carbons (Fsp3) is 0.500. The van der Waals surface area contributed by atoms with Crippen molar-refractivity contribution in [3.8, 4) is 0 Å². The van der Waals surface area contributed by atoms with Gasteiger partial charge in [-0.25, -0.2) is 9.18 Å². The molecular weight excluding hydrogens is 387 g/mol. The van der Waals surface area contributed by atoms with E-state index in [-0.39, 0.29) is 40.9 Å². The number of carbonyl (C=O) groups excluding carboxylic acids is 1. The lowest BCUT2D eigenvalue weighted by Crippen LogP contribution is -2.25. The molecule has 2 heterocycles. The van der Waals surface area contributed by atoms with Gasteiger partial charge in [0.05, 0.1) is 34.3 Å². The van der Waals surface area contributed by atoms with Gasteiger partial charge in [-0.05, 0) is 31.7 Å². The third-order valence-electron chi connectivity index (χ3n) is 5.26. The predicted octanol–water partition coefficient (Wildman–Crippen LogP) is 3.27. The van der Waals surface area contributed by atoms with Crippen molar-refractivity contribution in [3.63, 3.8) is 0 Å². The number of nitrogens with zero attached hydrogens (tertiary/aromatic N) is 2. The van der Waals surface area contributed by atoms with E-state index in [0.717, 1.165) is 18.9 Å². The zero-order chi connectivity index (χ0) is 20.0. The molecule has 0 amide bonds. The van der Waals surface area contributed by atoms with Crippen LogP contribution in [0.2, 0.25) is 5.02 Å². The van der Waals surface area contributed by atoms with E-state index in [4.69, 9.17) is 16.3 Å². The standard InChI is InChI=1S/C20H22ClFN2O4/c1-2-7-28-20(27)14-10-24(11-3-4-11)17-13(19(14)26)8-15(22)18(16(17)21)23-6-5-12(25)9-23/h8,10-12,25H,2-7,9H2,1H3/t12-/m1/s1. The average molecular weight is 409 g/mol. The van der Waals surface area contributed by atoms with Gasteiger partial charge in [-0.1, -0.05) is 18.5 Å². The summed E-state index contributed by atoms with van der Waals surface area (Å²) in [7, 11) is 0. The van der Waals surface area contributed by atoms with Crippen LogP contribution in [0.1, 0.15) is 49.0 Å². The van der Waals surface area contributed by atoms with Crippen molar-refractivity contribution >= 4 is 34.2 Å². The number of pyridine rings is 1. The maximum absolute atomic E-state index is 15.0. The Balaban J connectivity index is 1.92. The summed E-state index contributed by atoms with van der Waals surface area (Å²) < 4.78 is 21.9. The van der Waals surface area contributed by atoms with E-state index in [1.54, 1.807) is 9.47 Å². The number of β-amino-alcohol motifs (C(OH)–C–C–N with tert-alkyl or cyclic N) is 1. The van der Waals surface area contributed by atoms with Crippen LogP contribution in [0, 0.1) is 5.82 Å². The van der Waals surface area contributed by atoms with Crippen molar-refractivity contribution in [1.82, 2.24) is 4.57 Å². The summed E-state index contributed by atoms with van der Waals surface area (Å²) >= 11 is 6.60. The first kappa shape index (κ1) is 19.2. The van der Waals surface area contributed by atoms with Gasteiger partial charge in [0, 0.05) is 25.3 Å². The molecule has 2 aliphatic rings. The van der Waals surface area contributed by atoms with Crippen molar-refractivity contribution in [3.05, 3.63) is 38.9 Å².